The van der Waals surface area contributed by atoms with Crippen molar-refractivity contribution in [3.63, 3.8) is 0 Å². The van der Waals surface area contributed by atoms with E-state index in [0.717, 1.165) is 128 Å². The molecule has 0 heterocycles. The quantitative estimate of drug-likeness (QED) is 0.0485. The lowest BCUT2D eigenvalue weighted by molar-refractivity contribution is -0.144. The van der Waals surface area contributed by atoms with Crippen LogP contribution in [-0.2, 0) is 19.1 Å². The third kappa shape index (κ3) is 40.1. The fraction of sp³-hybridized carbons (Fsp3) is 0.964. The van der Waals surface area contributed by atoms with E-state index in [1.165, 1.54) is 142 Å². The molecule has 0 aromatic heterocycles. The number of rotatable bonds is 49. The molecule has 0 spiro atoms. The SMILES string of the molecule is CCCCCCC(CCCC)CCCCC(=O)OCCCCCCC(O)(CCCCCCOC(=O)CCCCC(CCCC)CCCCCC)CCCCN(CCC)CCC. The Labute approximate surface area is 382 Å². The van der Waals surface area contributed by atoms with Crippen LogP contribution in [0.3, 0.4) is 0 Å². The fourth-order valence-electron chi connectivity index (χ4n) is 9.44. The van der Waals surface area contributed by atoms with E-state index in [2.05, 4.69) is 46.4 Å². The molecule has 0 amide bonds. The van der Waals surface area contributed by atoms with Crippen LogP contribution in [0.15, 0.2) is 0 Å². The van der Waals surface area contributed by atoms with Gasteiger partial charge in [-0.3, -0.25) is 9.59 Å². The van der Waals surface area contributed by atoms with Crippen LogP contribution in [0.2, 0.25) is 0 Å². The number of esters is 2. The van der Waals surface area contributed by atoms with Crippen LogP contribution in [0.25, 0.3) is 0 Å². The summed E-state index contributed by atoms with van der Waals surface area (Å²) >= 11 is 0. The van der Waals surface area contributed by atoms with Gasteiger partial charge in [-0.2, -0.15) is 0 Å². The highest BCUT2D eigenvalue weighted by atomic mass is 16.5. The first kappa shape index (κ1) is 59.9. The molecule has 0 bridgehead atoms. The third-order valence-corrected chi connectivity index (χ3v) is 13.4. The van der Waals surface area contributed by atoms with Crippen molar-refractivity contribution in [3.05, 3.63) is 0 Å². The Balaban J connectivity index is 4.48. The molecule has 0 saturated heterocycles. The topological polar surface area (TPSA) is 76.1 Å². The number of nitrogens with zero attached hydrogens (tertiary/aromatic N) is 1. The van der Waals surface area contributed by atoms with Gasteiger partial charge in [0.05, 0.1) is 18.8 Å². The molecule has 2 atom stereocenters. The zero-order valence-corrected chi connectivity index (χ0v) is 42.3. The lowest BCUT2D eigenvalue weighted by Crippen LogP contribution is -2.30. The van der Waals surface area contributed by atoms with Crippen LogP contribution in [0.5, 0.6) is 0 Å². The monoisotopic (exact) mass is 864 g/mol. The Hall–Kier alpha value is -1.14. The van der Waals surface area contributed by atoms with E-state index >= 15 is 0 Å². The first-order valence-electron chi connectivity index (χ1n) is 27.5. The highest BCUT2D eigenvalue weighted by Gasteiger charge is 2.25. The van der Waals surface area contributed by atoms with Crippen LogP contribution in [0, 0.1) is 11.8 Å². The summed E-state index contributed by atoms with van der Waals surface area (Å²) in [5.41, 5.74) is -0.602. The Morgan fingerprint density at radius 3 is 1.13 bits per heavy atom. The second-order valence-corrected chi connectivity index (χ2v) is 19.5. The molecule has 0 radical (unpaired) electrons. The van der Waals surface area contributed by atoms with E-state index in [1.807, 2.05) is 0 Å². The van der Waals surface area contributed by atoms with Crippen molar-refractivity contribution in [1.82, 2.24) is 4.90 Å². The molecule has 0 fully saturated rings. The minimum Gasteiger partial charge on any atom is -0.466 e. The largest absolute Gasteiger partial charge is 0.466 e. The number of ether oxygens (including phenoxy) is 2. The smallest absolute Gasteiger partial charge is 0.305 e. The van der Waals surface area contributed by atoms with Crippen molar-refractivity contribution in [3.8, 4) is 0 Å². The second kappa shape index (κ2) is 45.4. The summed E-state index contributed by atoms with van der Waals surface area (Å²) in [7, 11) is 0. The predicted molar refractivity (Wildman–Crippen MR) is 264 cm³/mol. The maximum atomic E-state index is 12.4. The van der Waals surface area contributed by atoms with Gasteiger partial charge in [-0.1, -0.05) is 208 Å². The highest BCUT2D eigenvalue weighted by Crippen LogP contribution is 2.29. The van der Waals surface area contributed by atoms with Crippen LogP contribution < -0.4 is 0 Å². The van der Waals surface area contributed by atoms with Crippen molar-refractivity contribution < 1.29 is 24.2 Å². The van der Waals surface area contributed by atoms with Crippen molar-refractivity contribution in [2.45, 2.75) is 298 Å². The van der Waals surface area contributed by atoms with Gasteiger partial charge >= 0.3 is 11.9 Å². The Kier molecular flexibility index (Phi) is 44.6. The maximum Gasteiger partial charge on any atom is 0.305 e. The molecule has 0 aliphatic carbocycles. The van der Waals surface area contributed by atoms with E-state index in [-0.39, 0.29) is 11.9 Å². The summed E-state index contributed by atoms with van der Waals surface area (Å²) in [5.74, 6) is 1.61. The normalized spacial score (nSPS) is 13.7. The van der Waals surface area contributed by atoms with Gasteiger partial charge in [0.2, 0.25) is 0 Å². The fourth-order valence-corrected chi connectivity index (χ4v) is 9.44. The van der Waals surface area contributed by atoms with Crippen LogP contribution >= 0.6 is 0 Å². The van der Waals surface area contributed by atoms with Gasteiger partial charge in [-0.05, 0) is 102 Å². The van der Waals surface area contributed by atoms with Crippen molar-refractivity contribution in [2.24, 2.45) is 11.8 Å². The molecule has 2 unspecified atom stereocenters. The van der Waals surface area contributed by atoms with Crippen LogP contribution in [-0.4, -0.2) is 60.4 Å². The summed E-state index contributed by atoms with van der Waals surface area (Å²) < 4.78 is 11.2. The van der Waals surface area contributed by atoms with E-state index in [9.17, 15) is 14.7 Å². The first-order chi connectivity index (χ1) is 29.8. The Morgan fingerprint density at radius 2 is 0.738 bits per heavy atom. The molecule has 6 nitrogen and oxygen atoms in total. The lowest BCUT2D eigenvalue weighted by Gasteiger charge is -2.29. The number of carbonyl (C=O) groups excluding carboxylic acids is 2. The van der Waals surface area contributed by atoms with Crippen molar-refractivity contribution in [1.29, 1.82) is 0 Å². The van der Waals surface area contributed by atoms with Gasteiger partial charge in [-0.25, -0.2) is 0 Å². The summed E-state index contributed by atoms with van der Waals surface area (Å²) in [6, 6.07) is 0. The van der Waals surface area contributed by atoms with E-state index < -0.39 is 5.60 Å². The number of hydrogen-bond acceptors (Lipinski definition) is 6. The van der Waals surface area contributed by atoms with Crippen LogP contribution in [0.1, 0.15) is 292 Å². The molecule has 1 N–H and O–H groups in total. The average Bonchev–Trinajstić information content (AvgIpc) is 3.25. The Morgan fingerprint density at radius 1 is 0.393 bits per heavy atom. The number of carbonyl (C=O) groups is 2. The molecule has 61 heavy (non-hydrogen) atoms. The molecule has 0 aliphatic heterocycles. The molecule has 0 rings (SSSR count). The molecule has 6 heteroatoms. The molecule has 364 valence electrons. The summed E-state index contributed by atoms with van der Waals surface area (Å²) in [4.78, 5) is 27.4. The average molecular weight is 864 g/mol. The standard InChI is InChI=1S/C55H109NO5/c1-7-13-17-23-37-51(35-15-9-3)39-25-27-41-53(57)60-49-33-21-19-29-43-55(59,45-31-32-48-56(46-11-5)47-12-6)44-30-20-22-34-50-61-54(58)42-28-26-40-52(36-16-10-4)38-24-18-14-8-2/h51-52,59H,7-50H2,1-6H3. The van der Waals surface area contributed by atoms with Gasteiger partial charge in [0.1, 0.15) is 0 Å². The summed E-state index contributed by atoms with van der Waals surface area (Å²) in [6.07, 6.45) is 44.5. The minimum absolute atomic E-state index is 0.0260. The second-order valence-electron chi connectivity index (χ2n) is 19.5. The molecular weight excluding hydrogens is 755 g/mol. The number of hydrogen-bond donors (Lipinski definition) is 1. The summed E-state index contributed by atoms with van der Waals surface area (Å²) in [5, 5.41) is 11.9. The minimum atomic E-state index is -0.602. The van der Waals surface area contributed by atoms with Gasteiger partial charge < -0.3 is 19.5 Å². The van der Waals surface area contributed by atoms with E-state index in [0.29, 0.717) is 26.1 Å². The lowest BCUT2D eigenvalue weighted by atomic mass is 9.85. The molecule has 0 aromatic rings. The summed E-state index contributed by atoms with van der Waals surface area (Å²) in [6.45, 7) is 18.2. The third-order valence-electron chi connectivity index (χ3n) is 13.4. The van der Waals surface area contributed by atoms with Gasteiger partial charge in [0.25, 0.3) is 0 Å². The zero-order valence-electron chi connectivity index (χ0n) is 42.3. The first-order valence-corrected chi connectivity index (χ1v) is 27.5. The zero-order chi connectivity index (χ0) is 44.9. The van der Waals surface area contributed by atoms with Gasteiger partial charge in [-0.15, -0.1) is 0 Å². The van der Waals surface area contributed by atoms with Crippen molar-refractivity contribution in [2.75, 3.05) is 32.8 Å². The number of aliphatic hydroxyl groups is 1. The Bertz CT molecular complexity index is 862. The van der Waals surface area contributed by atoms with E-state index in [1.54, 1.807) is 0 Å². The molecule has 0 aromatic carbocycles. The van der Waals surface area contributed by atoms with Crippen molar-refractivity contribution >= 4 is 11.9 Å². The highest BCUT2D eigenvalue weighted by molar-refractivity contribution is 5.69. The van der Waals surface area contributed by atoms with Gasteiger partial charge in [0, 0.05) is 12.8 Å². The predicted octanol–water partition coefficient (Wildman–Crippen LogP) is 16.7. The van der Waals surface area contributed by atoms with E-state index in [4.69, 9.17) is 9.47 Å². The van der Waals surface area contributed by atoms with Gasteiger partial charge in [0.15, 0.2) is 0 Å². The molecule has 0 saturated carbocycles. The molecular formula is C55H109NO5. The number of unbranched alkanes of at least 4 members (excludes halogenated alkanes) is 17. The maximum absolute atomic E-state index is 12.4. The van der Waals surface area contributed by atoms with Crippen LogP contribution in [0.4, 0.5) is 0 Å². The molecule has 0 aliphatic rings.